The Morgan fingerprint density at radius 3 is 2.65 bits per heavy atom. The highest BCUT2D eigenvalue weighted by Crippen LogP contribution is 2.28. The number of benzene rings is 1. The summed E-state index contributed by atoms with van der Waals surface area (Å²) in [5, 5.41) is 3.14. The number of carbonyl (C=O) groups excluding carboxylic acids is 2. The molecule has 2 amide bonds. The summed E-state index contributed by atoms with van der Waals surface area (Å²) < 4.78 is 25.0. The molecule has 0 saturated carbocycles. The number of cyclic esters (lactones) is 1. The molecule has 0 aliphatic carbocycles. The van der Waals surface area contributed by atoms with Gasteiger partial charge in [0.1, 0.15) is 11.9 Å². The zero-order valence-corrected chi connectivity index (χ0v) is 18.9. The number of nitrogens with one attached hydrogen (secondary N) is 1. The van der Waals surface area contributed by atoms with Crippen LogP contribution in [-0.2, 0) is 9.47 Å². The van der Waals surface area contributed by atoms with Gasteiger partial charge in [-0.05, 0) is 24.1 Å². The molecule has 2 heterocycles. The number of thiocarbonyl (C=S) groups is 1. The monoisotopic (exact) mass is 452 g/mol. The lowest BCUT2D eigenvalue weighted by Crippen LogP contribution is -2.49. The van der Waals surface area contributed by atoms with Gasteiger partial charge < -0.3 is 24.6 Å². The van der Waals surface area contributed by atoms with Crippen molar-refractivity contribution in [3.63, 3.8) is 0 Å². The summed E-state index contributed by atoms with van der Waals surface area (Å²) in [6, 6.07) is 4.73. The second-order valence-electron chi connectivity index (χ2n) is 8.10. The van der Waals surface area contributed by atoms with Gasteiger partial charge in [-0.25, -0.2) is 14.0 Å². The van der Waals surface area contributed by atoms with E-state index < -0.39 is 11.9 Å². The summed E-state index contributed by atoms with van der Waals surface area (Å²) in [5.41, 5.74) is 0.893. The van der Waals surface area contributed by atoms with Crippen molar-refractivity contribution >= 4 is 40.8 Å². The maximum atomic E-state index is 14.9. The third-order valence-electron chi connectivity index (χ3n) is 5.29. The molecule has 1 unspecified atom stereocenters. The second-order valence-corrected chi connectivity index (χ2v) is 8.59. The van der Waals surface area contributed by atoms with Crippen molar-refractivity contribution in [2.45, 2.75) is 26.4 Å². The van der Waals surface area contributed by atoms with E-state index in [0.717, 1.165) is 11.4 Å². The Hall–Kier alpha value is -2.62. The summed E-state index contributed by atoms with van der Waals surface area (Å²) in [5.74, 6) is 0.0315. The van der Waals surface area contributed by atoms with Crippen molar-refractivity contribution < 1.29 is 23.5 Å². The lowest BCUT2D eigenvalue weighted by Gasteiger charge is -2.35. The highest BCUT2D eigenvalue weighted by atomic mass is 32.1. The minimum atomic E-state index is -0.500. The van der Waals surface area contributed by atoms with Crippen LogP contribution in [0.4, 0.5) is 25.4 Å². The van der Waals surface area contributed by atoms with E-state index in [0.29, 0.717) is 56.6 Å². The number of rotatable bonds is 6. The average Bonchev–Trinajstić information content (AvgIpc) is 3.12. The Balaban J connectivity index is 1.58. The molecular formula is C21H29FN4O4S. The molecule has 0 spiro atoms. The number of hydrogen-bond acceptors (Lipinski definition) is 6. The number of nitrogens with zero attached hydrogens (tertiary/aromatic N) is 3. The number of hydrogen-bond donors (Lipinski definition) is 1. The number of anilines is 2. The Labute approximate surface area is 187 Å². The third kappa shape index (κ3) is 5.75. The molecule has 0 radical (unpaired) electrons. The van der Waals surface area contributed by atoms with Crippen molar-refractivity contribution in [2.24, 2.45) is 5.92 Å². The van der Waals surface area contributed by atoms with Gasteiger partial charge in [-0.2, -0.15) is 0 Å². The minimum absolute atomic E-state index is 0.326. The molecular weight excluding hydrogens is 423 g/mol. The van der Waals surface area contributed by atoms with Crippen LogP contribution in [0.3, 0.4) is 0 Å². The second kappa shape index (κ2) is 10.1. The molecule has 2 saturated heterocycles. The fraction of sp³-hybridized carbons (Fsp3) is 0.571. The molecule has 8 nitrogen and oxygen atoms in total. The lowest BCUT2D eigenvalue weighted by atomic mass is 10.1. The van der Waals surface area contributed by atoms with Gasteiger partial charge in [0.15, 0.2) is 0 Å². The summed E-state index contributed by atoms with van der Waals surface area (Å²) >= 11 is 5.29. The molecule has 1 N–H and O–H groups in total. The van der Waals surface area contributed by atoms with E-state index in [-0.39, 0.29) is 12.2 Å². The van der Waals surface area contributed by atoms with Crippen LogP contribution in [0.25, 0.3) is 0 Å². The molecule has 0 bridgehead atoms. The topological polar surface area (TPSA) is 74.3 Å². The maximum Gasteiger partial charge on any atom is 0.414 e. The molecule has 1 atom stereocenters. The fourth-order valence-electron chi connectivity index (χ4n) is 3.69. The van der Waals surface area contributed by atoms with Gasteiger partial charge >= 0.3 is 12.2 Å². The third-order valence-corrected chi connectivity index (χ3v) is 5.60. The Morgan fingerprint density at radius 2 is 2.03 bits per heavy atom. The van der Waals surface area contributed by atoms with Crippen molar-refractivity contribution in [2.75, 3.05) is 56.2 Å². The Bertz CT molecular complexity index is 830. The van der Waals surface area contributed by atoms with Gasteiger partial charge in [0.2, 0.25) is 0 Å². The van der Waals surface area contributed by atoms with Crippen LogP contribution in [0, 0.1) is 11.7 Å². The normalized spacial score (nSPS) is 18.9. The van der Waals surface area contributed by atoms with Crippen LogP contribution in [0.1, 0.15) is 20.3 Å². The minimum Gasteiger partial charge on any atom is -0.453 e. The molecule has 1 aromatic carbocycles. The van der Waals surface area contributed by atoms with E-state index in [1.165, 1.54) is 18.1 Å². The van der Waals surface area contributed by atoms with Crippen molar-refractivity contribution in [3.05, 3.63) is 24.0 Å². The van der Waals surface area contributed by atoms with Crippen molar-refractivity contribution in [1.82, 2.24) is 10.2 Å². The van der Waals surface area contributed by atoms with E-state index in [2.05, 4.69) is 19.2 Å². The average molecular weight is 453 g/mol. The van der Waals surface area contributed by atoms with Crippen molar-refractivity contribution in [3.8, 4) is 0 Å². The molecule has 2 aliphatic heterocycles. The highest BCUT2D eigenvalue weighted by Gasteiger charge is 2.33. The van der Waals surface area contributed by atoms with Crippen LogP contribution in [0.15, 0.2) is 18.2 Å². The molecule has 1 aromatic rings. The molecule has 2 aliphatic rings. The number of methoxy groups -OCH3 is 1. The Kier molecular flexibility index (Phi) is 7.53. The van der Waals surface area contributed by atoms with Crippen LogP contribution in [0.5, 0.6) is 0 Å². The first-order chi connectivity index (χ1) is 14.8. The fourth-order valence-corrected chi connectivity index (χ4v) is 4.11. The molecule has 3 rings (SSSR count). The molecule has 0 aromatic heterocycles. The first-order valence-electron chi connectivity index (χ1n) is 10.4. The van der Waals surface area contributed by atoms with Gasteiger partial charge in [-0.1, -0.05) is 26.1 Å². The van der Waals surface area contributed by atoms with E-state index in [1.807, 2.05) is 4.90 Å². The summed E-state index contributed by atoms with van der Waals surface area (Å²) in [7, 11) is 1.34. The van der Waals surface area contributed by atoms with Crippen molar-refractivity contribution in [1.29, 1.82) is 0 Å². The molecule has 10 heteroatoms. The quantitative estimate of drug-likeness (QED) is 0.665. The SMILES string of the molecule is COC(=O)N1CCN(c2ccc(N3CC(CNC(=S)CC(C)C)OC3=O)cc2F)CC1. The van der Waals surface area contributed by atoms with E-state index in [1.54, 1.807) is 17.0 Å². The first-order valence-corrected chi connectivity index (χ1v) is 10.8. The van der Waals surface area contributed by atoms with Crippen LogP contribution < -0.4 is 15.1 Å². The van der Waals surface area contributed by atoms with Gasteiger partial charge in [0.25, 0.3) is 0 Å². The number of ether oxygens (including phenoxy) is 2. The predicted octanol–water partition coefficient (Wildman–Crippen LogP) is 3.00. The standard InChI is InChI=1S/C21H29FN4O4S/c1-14(2)10-19(31)23-12-16-13-26(21(28)30-16)15-4-5-18(17(22)11-15)24-6-8-25(9-7-24)20(27)29-3/h4-5,11,14,16H,6-10,12-13H2,1-3H3,(H,23,31). The first kappa shape index (κ1) is 23.1. The largest absolute Gasteiger partial charge is 0.453 e. The smallest absolute Gasteiger partial charge is 0.414 e. The number of amides is 2. The number of carbonyl (C=O) groups is 2. The summed E-state index contributed by atoms with van der Waals surface area (Å²) in [6.45, 7) is 6.85. The van der Waals surface area contributed by atoms with E-state index in [4.69, 9.17) is 21.7 Å². The zero-order chi connectivity index (χ0) is 22.5. The number of piperazine rings is 1. The molecule has 2 fully saturated rings. The molecule has 170 valence electrons. The van der Waals surface area contributed by atoms with Crippen LogP contribution >= 0.6 is 12.2 Å². The van der Waals surface area contributed by atoms with Crippen LogP contribution in [0.2, 0.25) is 0 Å². The lowest BCUT2D eigenvalue weighted by molar-refractivity contribution is 0.121. The van der Waals surface area contributed by atoms with Gasteiger partial charge in [-0.3, -0.25) is 4.90 Å². The predicted molar refractivity (Wildman–Crippen MR) is 120 cm³/mol. The van der Waals surface area contributed by atoms with E-state index in [9.17, 15) is 14.0 Å². The van der Waals surface area contributed by atoms with Gasteiger partial charge in [-0.15, -0.1) is 0 Å². The Morgan fingerprint density at radius 1 is 1.32 bits per heavy atom. The summed E-state index contributed by atoms with van der Waals surface area (Å²) in [6.07, 6.45) is -0.454. The highest BCUT2D eigenvalue weighted by molar-refractivity contribution is 7.80. The van der Waals surface area contributed by atoms with Gasteiger partial charge in [0, 0.05) is 32.6 Å². The number of halogens is 1. The molecule has 31 heavy (non-hydrogen) atoms. The van der Waals surface area contributed by atoms with E-state index >= 15 is 0 Å². The summed E-state index contributed by atoms with van der Waals surface area (Å²) in [4.78, 5) is 29.5. The van der Waals surface area contributed by atoms with Gasteiger partial charge in [0.05, 0.1) is 36.6 Å². The van der Waals surface area contributed by atoms with Crippen LogP contribution in [-0.4, -0.2) is 74.6 Å². The zero-order valence-electron chi connectivity index (χ0n) is 18.1. The maximum absolute atomic E-state index is 14.9.